The van der Waals surface area contributed by atoms with Gasteiger partial charge < -0.3 is 9.64 Å². The number of halogens is 3. The van der Waals surface area contributed by atoms with Gasteiger partial charge in [-0.3, -0.25) is 4.98 Å². The molecule has 1 aliphatic rings. The average Bonchev–Trinajstić information content (AvgIpc) is 2.54. The number of hydrogen-bond donors (Lipinski definition) is 0. The van der Waals surface area contributed by atoms with E-state index >= 15 is 0 Å². The van der Waals surface area contributed by atoms with Crippen molar-refractivity contribution in [1.82, 2.24) is 15.0 Å². The van der Waals surface area contributed by atoms with Crippen molar-refractivity contribution in [3.05, 3.63) is 29.6 Å². The van der Waals surface area contributed by atoms with E-state index in [0.717, 1.165) is 6.07 Å². The van der Waals surface area contributed by atoms with Gasteiger partial charge in [0.05, 0.1) is 29.9 Å². The number of ether oxygens (including phenoxy) is 1. The first-order valence-electron chi connectivity index (χ1n) is 7.36. The quantitative estimate of drug-likeness (QED) is 0.773. The Hall–Kier alpha value is -1.79. The van der Waals surface area contributed by atoms with Gasteiger partial charge >= 0.3 is 6.18 Å². The highest BCUT2D eigenvalue weighted by atomic mass is 31.0. The number of nitrogens with zero attached hydrogens (tertiary/aromatic N) is 4. The third-order valence-electron chi connectivity index (χ3n) is 3.64. The zero-order valence-electron chi connectivity index (χ0n) is 13.0. The van der Waals surface area contributed by atoms with Gasteiger partial charge in [-0.05, 0) is 19.1 Å². The van der Waals surface area contributed by atoms with Crippen LogP contribution in [0.1, 0.15) is 11.3 Å². The van der Waals surface area contributed by atoms with Crippen LogP contribution in [0.4, 0.5) is 19.1 Å². The molecule has 0 radical (unpaired) electrons. The Balaban J connectivity index is 2.08. The molecule has 3 rings (SSSR count). The zero-order valence-corrected chi connectivity index (χ0v) is 14.1. The van der Waals surface area contributed by atoms with Crippen molar-refractivity contribution in [2.45, 2.75) is 13.1 Å². The van der Waals surface area contributed by atoms with Gasteiger partial charge in [-0.15, -0.1) is 0 Å². The maximum atomic E-state index is 13.4. The predicted octanol–water partition coefficient (Wildman–Crippen LogP) is 2.20. The summed E-state index contributed by atoms with van der Waals surface area (Å²) in [6.07, 6.45) is -3.28. The number of hydrogen-bond acceptors (Lipinski definition) is 5. The molecule has 0 spiro atoms. The van der Waals surface area contributed by atoms with Gasteiger partial charge in [0, 0.05) is 30.5 Å². The molecule has 1 fully saturated rings. The molecule has 1 unspecified atom stereocenters. The maximum absolute atomic E-state index is 13.4. The molecule has 2 aromatic rings. The molecule has 0 aliphatic carbocycles. The number of aryl methyl sites for hydroxylation is 1. The van der Waals surface area contributed by atoms with Crippen LogP contribution in [0.25, 0.3) is 11.3 Å². The standard InChI is InChI=1S/C15H16F3N4OP/c1-9-6-12(21-14(20-9)22-2-4-23-5-3-22)10-8-19-13(24)7-11(10)15(16,17)18/h6-8H,2-5,24H2,1H3. The van der Waals surface area contributed by atoms with Crippen LogP contribution in [0.15, 0.2) is 18.3 Å². The summed E-state index contributed by atoms with van der Waals surface area (Å²) in [5.74, 6) is 0.413. The lowest BCUT2D eigenvalue weighted by Gasteiger charge is -2.27. The minimum atomic E-state index is -4.48. The van der Waals surface area contributed by atoms with E-state index in [2.05, 4.69) is 24.2 Å². The summed E-state index contributed by atoms with van der Waals surface area (Å²) >= 11 is 0. The largest absolute Gasteiger partial charge is 0.417 e. The molecule has 0 aromatic carbocycles. The van der Waals surface area contributed by atoms with Crippen LogP contribution >= 0.6 is 9.24 Å². The molecule has 1 aliphatic heterocycles. The van der Waals surface area contributed by atoms with E-state index in [1.807, 2.05) is 4.90 Å². The molecule has 5 nitrogen and oxygen atoms in total. The summed E-state index contributed by atoms with van der Waals surface area (Å²) in [4.78, 5) is 14.6. The van der Waals surface area contributed by atoms with Gasteiger partial charge in [-0.2, -0.15) is 13.2 Å². The second-order valence-electron chi connectivity index (χ2n) is 5.45. The van der Waals surface area contributed by atoms with Gasteiger partial charge in [0.15, 0.2) is 0 Å². The zero-order chi connectivity index (χ0) is 17.3. The van der Waals surface area contributed by atoms with Crippen molar-refractivity contribution in [3.63, 3.8) is 0 Å². The monoisotopic (exact) mass is 356 g/mol. The summed E-state index contributed by atoms with van der Waals surface area (Å²) in [7, 11) is 2.18. The van der Waals surface area contributed by atoms with E-state index in [0.29, 0.717) is 37.9 Å². The Bertz CT molecular complexity index is 748. The van der Waals surface area contributed by atoms with E-state index in [-0.39, 0.29) is 16.7 Å². The smallest absolute Gasteiger partial charge is 0.378 e. The van der Waals surface area contributed by atoms with Crippen LogP contribution in [0, 0.1) is 6.92 Å². The fourth-order valence-electron chi connectivity index (χ4n) is 2.51. The lowest BCUT2D eigenvalue weighted by atomic mass is 10.1. The number of morpholine rings is 1. The van der Waals surface area contributed by atoms with Gasteiger partial charge in [0.2, 0.25) is 5.95 Å². The lowest BCUT2D eigenvalue weighted by molar-refractivity contribution is -0.137. The van der Waals surface area contributed by atoms with Crippen LogP contribution in [-0.2, 0) is 10.9 Å². The molecule has 1 saturated heterocycles. The molecular formula is C15H16F3N4OP. The molecule has 0 bridgehead atoms. The Labute approximate surface area is 139 Å². The van der Waals surface area contributed by atoms with Gasteiger partial charge in [-0.1, -0.05) is 9.24 Å². The van der Waals surface area contributed by atoms with Crippen LogP contribution in [0.3, 0.4) is 0 Å². The van der Waals surface area contributed by atoms with E-state index in [9.17, 15) is 13.2 Å². The third kappa shape index (κ3) is 3.65. The number of rotatable bonds is 2. The van der Waals surface area contributed by atoms with Gasteiger partial charge in [0.25, 0.3) is 0 Å². The maximum Gasteiger partial charge on any atom is 0.417 e. The third-order valence-corrected chi connectivity index (χ3v) is 3.96. The van der Waals surface area contributed by atoms with E-state index < -0.39 is 11.7 Å². The van der Waals surface area contributed by atoms with Crippen LogP contribution in [0.2, 0.25) is 0 Å². The molecule has 3 heterocycles. The van der Waals surface area contributed by atoms with Crippen LogP contribution in [-0.4, -0.2) is 41.3 Å². The van der Waals surface area contributed by atoms with Crippen LogP contribution in [0.5, 0.6) is 0 Å². The van der Waals surface area contributed by atoms with Crippen molar-refractivity contribution < 1.29 is 17.9 Å². The molecule has 0 N–H and O–H groups in total. The van der Waals surface area contributed by atoms with Gasteiger partial charge in [-0.25, -0.2) is 9.97 Å². The Morgan fingerprint density at radius 1 is 1.17 bits per heavy atom. The predicted molar refractivity (Wildman–Crippen MR) is 87.4 cm³/mol. The summed E-state index contributed by atoms with van der Waals surface area (Å²) in [6, 6.07) is 2.55. The highest BCUT2D eigenvalue weighted by Crippen LogP contribution is 2.36. The number of aromatic nitrogens is 3. The molecule has 0 saturated carbocycles. The van der Waals surface area contributed by atoms with Crippen molar-refractivity contribution in [1.29, 1.82) is 0 Å². The lowest BCUT2D eigenvalue weighted by Crippen LogP contribution is -2.37. The fourth-order valence-corrected chi connectivity index (χ4v) is 2.75. The molecule has 1 atom stereocenters. The van der Waals surface area contributed by atoms with Crippen molar-refractivity contribution in [2.24, 2.45) is 0 Å². The molecule has 128 valence electrons. The number of pyridine rings is 1. The van der Waals surface area contributed by atoms with Crippen molar-refractivity contribution in [2.75, 3.05) is 31.2 Å². The first-order chi connectivity index (χ1) is 11.3. The molecule has 24 heavy (non-hydrogen) atoms. The summed E-state index contributed by atoms with van der Waals surface area (Å²) < 4.78 is 45.4. The van der Waals surface area contributed by atoms with E-state index in [1.165, 1.54) is 6.20 Å². The average molecular weight is 356 g/mol. The first-order valence-corrected chi connectivity index (χ1v) is 7.94. The Morgan fingerprint density at radius 3 is 2.54 bits per heavy atom. The topological polar surface area (TPSA) is 51.1 Å². The minimum Gasteiger partial charge on any atom is -0.378 e. The Morgan fingerprint density at radius 2 is 1.88 bits per heavy atom. The molecular weight excluding hydrogens is 340 g/mol. The molecule has 9 heteroatoms. The van der Waals surface area contributed by atoms with E-state index in [4.69, 9.17) is 4.74 Å². The van der Waals surface area contributed by atoms with Crippen molar-refractivity contribution >= 4 is 20.6 Å². The SMILES string of the molecule is Cc1cc(-c2cnc(P)cc2C(F)(F)F)nc(N2CCOCC2)n1. The second-order valence-corrected chi connectivity index (χ2v) is 6.04. The highest BCUT2D eigenvalue weighted by Gasteiger charge is 2.34. The van der Waals surface area contributed by atoms with E-state index in [1.54, 1.807) is 13.0 Å². The number of anilines is 1. The summed E-state index contributed by atoms with van der Waals surface area (Å²) in [5.41, 5.74) is 0.242. The highest BCUT2D eigenvalue weighted by molar-refractivity contribution is 7.26. The normalized spacial score (nSPS) is 15.6. The fraction of sp³-hybridized carbons (Fsp3) is 0.400. The summed E-state index contributed by atoms with van der Waals surface area (Å²) in [5, 5.41) is 0. The second kappa shape index (κ2) is 6.61. The first kappa shape index (κ1) is 17.0. The van der Waals surface area contributed by atoms with Crippen molar-refractivity contribution in [3.8, 4) is 11.3 Å². The summed E-state index contributed by atoms with van der Waals surface area (Å²) in [6.45, 7) is 4.04. The minimum absolute atomic E-state index is 0.0475. The van der Waals surface area contributed by atoms with Crippen LogP contribution < -0.4 is 10.3 Å². The Kier molecular flexibility index (Phi) is 4.69. The molecule has 2 aromatic heterocycles. The van der Waals surface area contributed by atoms with Gasteiger partial charge in [0.1, 0.15) is 0 Å². The number of alkyl halides is 3. The molecule has 0 amide bonds.